The predicted molar refractivity (Wildman–Crippen MR) is 144 cm³/mol. The molecule has 3 aromatic rings. The lowest BCUT2D eigenvalue weighted by molar-refractivity contribution is -0.118. The summed E-state index contributed by atoms with van der Waals surface area (Å²) in [6, 6.07) is 18.2. The van der Waals surface area contributed by atoms with Gasteiger partial charge in [0.1, 0.15) is 0 Å². The van der Waals surface area contributed by atoms with Gasteiger partial charge in [0.2, 0.25) is 5.91 Å². The number of anilines is 2. The Kier molecular flexibility index (Phi) is 7.22. The van der Waals surface area contributed by atoms with Crippen LogP contribution in [-0.4, -0.2) is 26.9 Å². The summed E-state index contributed by atoms with van der Waals surface area (Å²) in [6.45, 7) is 5.95. The lowest BCUT2D eigenvalue weighted by Gasteiger charge is -2.28. The zero-order chi connectivity index (χ0) is 24.6. The molecule has 0 fully saturated rings. The van der Waals surface area contributed by atoms with Crippen LogP contribution in [-0.2, 0) is 21.2 Å². The lowest BCUT2D eigenvalue weighted by Crippen LogP contribution is -2.39. The van der Waals surface area contributed by atoms with Crippen LogP contribution in [0.5, 0.6) is 0 Å². The average molecular weight is 606 g/mol. The highest BCUT2D eigenvalue weighted by atomic mass is 79.9. The van der Waals surface area contributed by atoms with Crippen molar-refractivity contribution in [3.63, 3.8) is 0 Å². The molecule has 0 bridgehead atoms. The van der Waals surface area contributed by atoms with E-state index in [4.69, 9.17) is 0 Å². The van der Waals surface area contributed by atoms with Crippen molar-refractivity contribution in [3.8, 4) is 0 Å². The van der Waals surface area contributed by atoms with Gasteiger partial charge in [-0.05, 0) is 98.5 Å². The molecule has 178 valence electrons. The Labute approximate surface area is 218 Å². The molecular weight excluding hydrogens is 580 g/mol. The molecule has 8 heteroatoms. The van der Waals surface area contributed by atoms with Gasteiger partial charge >= 0.3 is 0 Å². The molecule has 4 rings (SSSR count). The molecule has 3 aromatic carbocycles. The molecule has 0 radical (unpaired) electrons. The smallest absolute Gasteiger partial charge is 0.264 e. The number of aryl methyl sites for hydroxylation is 2. The summed E-state index contributed by atoms with van der Waals surface area (Å²) in [6.07, 6.45) is 0.848. The van der Waals surface area contributed by atoms with Crippen LogP contribution in [0.15, 0.2) is 74.5 Å². The molecule has 34 heavy (non-hydrogen) atoms. The van der Waals surface area contributed by atoms with Gasteiger partial charge in [-0.1, -0.05) is 37.9 Å². The first-order chi connectivity index (χ1) is 16.1. The molecule has 1 unspecified atom stereocenters. The van der Waals surface area contributed by atoms with Gasteiger partial charge in [-0.3, -0.25) is 9.10 Å². The number of sulfonamides is 1. The van der Waals surface area contributed by atoms with Crippen LogP contribution in [0, 0.1) is 13.8 Å². The van der Waals surface area contributed by atoms with E-state index in [9.17, 15) is 13.2 Å². The van der Waals surface area contributed by atoms with Crippen LogP contribution >= 0.6 is 31.9 Å². The number of amides is 1. The molecule has 1 heterocycles. The van der Waals surface area contributed by atoms with Crippen LogP contribution in [0.2, 0.25) is 0 Å². The summed E-state index contributed by atoms with van der Waals surface area (Å²) in [5.74, 6) is -0.0889. The van der Waals surface area contributed by atoms with Crippen molar-refractivity contribution in [1.29, 1.82) is 0 Å². The number of nitrogens with zero attached hydrogens (tertiary/aromatic N) is 2. The van der Waals surface area contributed by atoms with E-state index in [1.165, 1.54) is 4.31 Å². The fraction of sp³-hybridized carbons (Fsp3) is 0.269. The van der Waals surface area contributed by atoms with Crippen LogP contribution < -0.4 is 9.21 Å². The topological polar surface area (TPSA) is 57.7 Å². The highest BCUT2D eigenvalue weighted by Gasteiger charge is 2.32. The number of carbonyl (C=O) groups is 1. The quantitative estimate of drug-likeness (QED) is 0.327. The van der Waals surface area contributed by atoms with Crippen molar-refractivity contribution in [1.82, 2.24) is 0 Å². The Morgan fingerprint density at radius 2 is 1.59 bits per heavy atom. The average Bonchev–Trinajstić information content (AvgIpc) is 3.08. The summed E-state index contributed by atoms with van der Waals surface area (Å²) in [5.41, 5.74) is 4.50. The SMILES string of the molecule is Cc1cc(C)cc(N(CCC(=O)N2c3ccc(Br)cc3CC2C)S(=O)(=O)c2ccc(Br)cc2)c1. The Morgan fingerprint density at radius 1 is 0.971 bits per heavy atom. The number of fused-ring (bicyclic) bond motifs is 1. The Bertz CT molecular complexity index is 1320. The predicted octanol–water partition coefficient (Wildman–Crippen LogP) is 6.39. The van der Waals surface area contributed by atoms with E-state index in [0.29, 0.717) is 5.69 Å². The molecule has 5 nitrogen and oxygen atoms in total. The first-order valence-electron chi connectivity index (χ1n) is 11.0. The van der Waals surface area contributed by atoms with Crippen LogP contribution in [0.3, 0.4) is 0 Å². The van der Waals surface area contributed by atoms with E-state index in [1.54, 1.807) is 29.2 Å². The number of halogens is 2. The van der Waals surface area contributed by atoms with Gasteiger partial charge in [0.15, 0.2) is 0 Å². The van der Waals surface area contributed by atoms with Crippen molar-refractivity contribution in [2.75, 3.05) is 15.7 Å². The van der Waals surface area contributed by atoms with Gasteiger partial charge in [0.05, 0.1) is 10.6 Å². The second kappa shape index (κ2) is 9.84. The second-order valence-corrected chi connectivity index (χ2v) is 12.4. The first kappa shape index (κ1) is 24.9. The summed E-state index contributed by atoms with van der Waals surface area (Å²) in [7, 11) is -3.87. The molecule has 0 N–H and O–H groups in total. The zero-order valence-corrected chi connectivity index (χ0v) is 23.2. The normalized spacial score (nSPS) is 15.3. The van der Waals surface area contributed by atoms with Gasteiger partial charge in [0, 0.05) is 33.6 Å². The van der Waals surface area contributed by atoms with E-state index in [2.05, 4.69) is 31.9 Å². The third-order valence-corrected chi connectivity index (χ3v) is 8.81. The monoisotopic (exact) mass is 604 g/mol. The molecule has 1 amide bonds. The van der Waals surface area contributed by atoms with Crippen LogP contribution in [0.25, 0.3) is 0 Å². The lowest BCUT2D eigenvalue weighted by atomic mass is 10.1. The zero-order valence-electron chi connectivity index (χ0n) is 19.3. The van der Waals surface area contributed by atoms with Crippen molar-refractivity contribution in [2.24, 2.45) is 0 Å². The van der Waals surface area contributed by atoms with E-state index >= 15 is 0 Å². The second-order valence-electron chi connectivity index (χ2n) is 8.72. The van der Waals surface area contributed by atoms with Gasteiger partial charge in [-0.25, -0.2) is 8.42 Å². The maximum atomic E-state index is 13.7. The third kappa shape index (κ3) is 5.09. The van der Waals surface area contributed by atoms with Crippen molar-refractivity contribution < 1.29 is 13.2 Å². The Morgan fingerprint density at radius 3 is 2.24 bits per heavy atom. The van der Waals surface area contributed by atoms with Gasteiger partial charge < -0.3 is 4.90 Å². The van der Waals surface area contributed by atoms with Crippen molar-refractivity contribution >= 4 is 59.2 Å². The molecule has 1 atom stereocenters. The standard InChI is InChI=1S/C26H26Br2N2O3S/c1-17-12-18(2)14-23(13-17)29(34(32,33)24-7-4-21(27)5-8-24)11-10-26(31)30-19(3)15-20-16-22(28)6-9-25(20)30/h4-9,12-14,16,19H,10-11,15H2,1-3H3. The summed E-state index contributed by atoms with van der Waals surface area (Å²) in [5, 5.41) is 0. The minimum absolute atomic E-state index is 0.0227. The summed E-state index contributed by atoms with van der Waals surface area (Å²) >= 11 is 6.86. The molecule has 0 saturated carbocycles. The summed E-state index contributed by atoms with van der Waals surface area (Å²) < 4.78 is 30.5. The van der Waals surface area contributed by atoms with Gasteiger partial charge in [-0.15, -0.1) is 0 Å². The maximum Gasteiger partial charge on any atom is 0.264 e. The van der Waals surface area contributed by atoms with Gasteiger partial charge in [-0.2, -0.15) is 0 Å². The number of hydrogen-bond donors (Lipinski definition) is 0. The molecule has 0 aromatic heterocycles. The van der Waals surface area contributed by atoms with Crippen LogP contribution in [0.1, 0.15) is 30.0 Å². The maximum absolute atomic E-state index is 13.7. The van der Waals surface area contributed by atoms with E-state index < -0.39 is 10.0 Å². The largest absolute Gasteiger partial charge is 0.309 e. The fourth-order valence-corrected chi connectivity index (χ4v) is 6.64. The molecule has 1 aliphatic heterocycles. The van der Waals surface area contributed by atoms with Crippen molar-refractivity contribution in [2.45, 2.75) is 44.6 Å². The van der Waals surface area contributed by atoms with Crippen LogP contribution in [0.4, 0.5) is 11.4 Å². The minimum atomic E-state index is -3.87. The summed E-state index contributed by atoms with van der Waals surface area (Å²) in [4.78, 5) is 15.4. The number of benzene rings is 3. The highest BCUT2D eigenvalue weighted by molar-refractivity contribution is 9.10. The Hall–Kier alpha value is -2.16. The number of hydrogen-bond acceptors (Lipinski definition) is 3. The van der Waals surface area contributed by atoms with E-state index in [0.717, 1.165) is 37.7 Å². The third-order valence-electron chi connectivity index (χ3n) is 5.95. The van der Waals surface area contributed by atoms with Gasteiger partial charge in [0.25, 0.3) is 10.0 Å². The number of rotatable bonds is 6. The number of carbonyl (C=O) groups excluding carboxylic acids is 1. The highest BCUT2D eigenvalue weighted by Crippen LogP contribution is 2.35. The molecular formula is C26H26Br2N2O3S. The van der Waals surface area contributed by atoms with E-state index in [1.807, 2.05) is 57.2 Å². The molecule has 0 spiro atoms. The molecule has 0 aliphatic carbocycles. The van der Waals surface area contributed by atoms with Crippen molar-refractivity contribution in [3.05, 3.63) is 86.3 Å². The fourth-order valence-electron chi connectivity index (χ4n) is 4.51. The first-order valence-corrected chi connectivity index (χ1v) is 14.1. The Balaban J connectivity index is 1.65. The van der Waals surface area contributed by atoms with E-state index in [-0.39, 0.29) is 29.8 Å². The molecule has 1 aliphatic rings. The minimum Gasteiger partial charge on any atom is -0.309 e. The molecule has 0 saturated heterocycles.